The van der Waals surface area contributed by atoms with Gasteiger partial charge in [0.1, 0.15) is 0 Å². The number of aliphatic carboxylic acids is 1. The van der Waals surface area contributed by atoms with Crippen LogP contribution < -0.4 is 5.32 Å². The molecule has 0 saturated heterocycles. The van der Waals surface area contributed by atoms with Gasteiger partial charge in [0.25, 0.3) is 0 Å². The predicted octanol–water partition coefficient (Wildman–Crippen LogP) is 3.23. The number of hydrogen-bond donors (Lipinski definition) is 2. The number of amides is 1. The first kappa shape index (κ1) is 15.9. The molecule has 1 aromatic carbocycles. The Hall–Kier alpha value is -1.49. The lowest BCUT2D eigenvalue weighted by molar-refractivity contribution is -0.137. The van der Waals surface area contributed by atoms with E-state index >= 15 is 0 Å². The van der Waals surface area contributed by atoms with Crippen LogP contribution in [0.15, 0.2) is 29.2 Å². The Bertz CT molecular complexity index is 497. The standard InChI is InChI=1S/C16H21NO3S/c1-21-13-7-5-12(6-8-13)14(10-16(19)20)17-15(18)9-11-3-2-4-11/h5-8,11,14H,2-4,9-10H2,1H3,(H,17,18)(H,19,20). The van der Waals surface area contributed by atoms with Gasteiger partial charge in [0, 0.05) is 11.3 Å². The highest BCUT2D eigenvalue weighted by atomic mass is 32.2. The van der Waals surface area contributed by atoms with Crippen molar-refractivity contribution in [3.8, 4) is 0 Å². The molecule has 1 aromatic rings. The summed E-state index contributed by atoms with van der Waals surface area (Å²) < 4.78 is 0. The molecular formula is C16H21NO3S. The van der Waals surface area contributed by atoms with Gasteiger partial charge >= 0.3 is 5.97 Å². The second-order valence-corrected chi connectivity index (χ2v) is 6.37. The lowest BCUT2D eigenvalue weighted by Gasteiger charge is -2.26. The first-order valence-electron chi connectivity index (χ1n) is 7.23. The Kier molecular flexibility index (Phi) is 5.67. The van der Waals surface area contributed by atoms with E-state index in [-0.39, 0.29) is 12.3 Å². The highest BCUT2D eigenvalue weighted by molar-refractivity contribution is 7.98. The average molecular weight is 307 g/mol. The van der Waals surface area contributed by atoms with Gasteiger partial charge in [0.15, 0.2) is 0 Å². The molecule has 1 aliphatic carbocycles. The molecule has 0 spiro atoms. The quantitative estimate of drug-likeness (QED) is 0.759. The van der Waals surface area contributed by atoms with Gasteiger partial charge in [-0.15, -0.1) is 11.8 Å². The van der Waals surface area contributed by atoms with E-state index in [0.717, 1.165) is 23.3 Å². The summed E-state index contributed by atoms with van der Waals surface area (Å²) >= 11 is 1.63. The SMILES string of the molecule is CSc1ccc(C(CC(=O)O)NC(=O)CC2CCC2)cc1. The third kappa shape index (κ3) is 4.77. The molecule has 0 aromatic heterocycles. The van der Waals surface area contributed by atoms with Gasteiger partial charge < -0.3 is 10.4 Å². The molecule has 1 aliphatic rings. The van der Waals surface area contributed by atoms with Crippen LogP contribution in [0.2, 0.25) is 0 Å². The Morgan fingerprint density at radius 1 is 1.33 bits per heavy atom. The summed E-state index contributed by atoms with van der Waals surface area (Å²) in [6.07, 6.45) is 5.84. The molecule has 0 heterocycles. The van der Waals surface area contributed by atoms with Crippen molar-refractivity contribution in [3.05, 3.63) is 29.8 Å². The number of thioether (sulfide) groups is 1. The third-order valence-corrected chi connectivity index (χ3v) is 4.67. The van der Waals surface area contributed by atoms with Gasteiger partial charge in [-0.1, -0.05) is 18.6 Å². The van der Waals surface area contributed by atoms with Crippen LogP contribution in [0.4, 0.5) is 0 Å². The number of carbonyl (C=O) groups is 2. The molecule has 0 radical (unpaired) electrons. The molecule has 0 aliphatic heterocycles. The molecule has 1 atom stereocenters. The largest absolute Gasteiger partial charge is 0.481 e. The zero-order valence-corrected chi connectivity index (χ0v) is 13.0. The Balaban J connectivity index is 2.01. The summed E-state index contributed by atoms with van der Waals surface area (Å²) in [5, 5.41) is 11.9. The molecule has 2 rings (SSSR count). The molecule has 1 amide bonds. The van der Waals surface area contributed by atoms with E-state index in [1.807, 2.05) is 30.5 Å². The summed E-state index contributed by atoms with van der Waals surface area (Å²) in [7, 11) is 0. The number of rotatable bonds is 7. The summed E-state index contributed by atoms with van der Waals surface area (Å²) in [5.74, 6) is -0.466. The smallest absolute Gasteiger partial charge is 0.305 e. The lowest BCUT2D eigenvalue weighted by atomic mass is 9.83. The topological polar surface area (TPSA) is 66.4 Å². The molecule has 1 fully saturated rings. The van der Waals surface area contributed by atoms with Crippen molar-refractivity contribution in [2.24, 2.45) is 5.92 Å². The van der Waals surface area contributed by atoms with Crippen molar-refractivity contribution < 1.29 is 14.7 Å². The summed E-state index contributed by atoms with van der Waals surface area (Å²) in [6, 6.07) is 7.23. The number of carboxylic acids is 1. The average Bonchev–Trinajstić information content (AvgIpc) is 2.42. The van der Waals surface area contributed by atoms with E-state index in [0.29, 0.717) is 12.3 Å². The van der Waals surface area contributed by atoms with Crippen molar-refractivity contribution >= 4 is 23.6 Å². The maximum absolute atomic E-state index is 12.0. The summed E-state index contributed by atoms with van der Waals surface area (Å²) in [5.41, 5.74) is 0.845. The van der Waals surface area contributed by atoms with E-state index in [1.54, 1.807) is 11.8 Å². The van der Waals surface area contributed by atoms with Crippen LogP contribution in [-0.2, 0) is 9.59 Å². The van der Waals surface area contributed by atoms with Crippen molar-refractivity contribution in [3.63, 3.8) is 0 Å². The number of hydrogen-bond acceptors (Lipinski definition) is 3. The molecular weight excluding hydrogens is 286 g/mol. The van der Waals surface area contributed by atoms with Crippen LogP contribution in [0.25, 0.3) is 0 Å². The molecule has 2 N–H and O–H groups in total. The monoisotopic (exact) mass is 307 g/mol. The van der Waals surface area contributed by atoms with E-state index in [9.17, 15) is 9.59 Å². The molecule has 114 valence electrons. The van der Waals surface area contributed by atoms with Gasteiger partial charge in [-0.2, -0.15) is 0 Å². The Labute approximate surface area is 129 Å². The molecule has 5 heteroatoms. The van der Waals surface area contributed by atoms with Gasteiger partial charge in [0.05, 0.1) is 12.5 Å². The van der Waals surface area contributed by atoms with E-state index < -0.39 is 12.0 Å². The molecule has 4 nitrogen and oxygen atoms in total. The van der Waals surface area contributed by atoms with Crippen LogP contribution >= 0.6 is 11.8 Å². The highest BCUT2D eigenvalue weighted by Gasteiger charge is 2.23. The number of carbonyl (C=O) groups excluding carboxylic acids is 1. The fourth-order valence-electron chi connectivity index (χ4n) is 2.48. The van der Waals surface area contributed by atoms with Crippen LogP contribution in [0.3, 0.4) is 0 Å². The summed E-state index contributed by atoms with van der Waals surface area (Å²) in [6.45, 7) is 0. The van der Waals surface area contributed by atoms with Crippen LogP contribution in [0, 0.1) is 5.92 Å². The molecule has 21 heavy (non-hydrogen) atoms. The predicted molar refractivity (Wildman–Crippen MR) is 83.3 cm³/mol. The minimum absolute atomic E-state index is 0.0418. The van der Waals surface area contributed by atoms with Gasteiger partial charge in [0.2, 0.25) is 5.91 Å². The summed E-state index contributed by atoms with van der Waals surface area (Å²) in [4.78, 5) is 24.2. The van der Waals surface area contributed by atoms with Crippen LogP contribution in [0.1, 0.15) is 43.7 Å². The minimum atomic E-state index is -0.905. The Morgan fingerprint density at radius 2 is 2.00 bits per heavy atom. The maximum Gasteiger partial charge on any atom is 0.305 e. The first-order chi connectivity index (χ1) is 10.1. The van der Waals surface area contributed by atoms with Crippen molar-refractivity contribution in [1.82, 2.24) is 5.32 Å². The fourth-order valence-corrected chi connectivity index (χ4v) is 2.88. The normalized spacial score (nSPS) is 16.0. The zero-order chi connectivity index (χ0) is 15.2. The van der Waals surface area contributed by atoms with Crippen LogP contribution in [-0.4, -0.2) is 23.2 Å². The van der Waals surface area contributed by atoms with Crippen molar-refractivity contribution in [2.45, 2.75) is 43.0 Å². The van der Waals surface area contributed by atoms with Gasteiger partial charge in [-0.25, -0.2) is 0 Å². The number of benzene rings is 1. The highest BCUT2D eigenvalue weighted by Crippen LogP contribution is 2.29. The molecule has 1 unspecified atom stereocenters. The van der Waals surface area contributed by atoms with Gasteiger partial charge in [-0.05, 0) is 42.7 Å². The number of carboxylic acid groups (broad SMARTS) is 1. The minimum Gasteiger partial charge on any atom is -0.481 e. The van der Waals surface area contributed by atoms with E-state index in [1.165, 1.54) is 6.42 Å². The fraction of sp³-hybridized carbons (Fsp3) is 0.500. The first-order valence-corrected chi connectivity index (χ1v) is 8.46. The second-order valence-electron chi connectivity index (χ2n) is 5.49. The number of nitrogens with one attached hydrogen (secondary N) is 1. The lowest BCUT2D eigenvalue weighted by Crippen LogP contribution is -2.32. The molecule has 1 saturated carbocycles. The second kappa shape index (κ2) is 7.50. The van der Waals surface area contributed by atoms with Crippen molar-refractivity contribution in [2.75, 3.05) is 6.26 Å². The Morgan fingerprint density at radius 3 is 2.48 bits per heavy atom. The van der Waals surface area contributed by atoms with E-state index in [4.69, 9.17) is 5.11 Å². The molecule has 0 bridgehead atoms. The maximum atomic E-state index is 12.0. The van der Waals surface area contributed by atoms with Crippen LogP contribution in [0.5, 0.6) is 0 Å². The zero-order valence-electron chi connectivity index (χ0n) is 12.2. The van der Waals surface area contributed by atoms with Gasteiger partial charge in [-0.3, -0.25) is 9.59 Å². The van der Waals surface area contributed by atoms with Crippen molar-refractivity contribution in [1.29, 1.82) is 0 Å². The van der Waals surface area contributed by atoms with E-state index in [2.05, 4.69) is 5.32 Å². The third-order valence-electron chi connectivity index (χ3n) is 3.93.